The molecule has 0 heterocycles. The zero-order valence-electron chi connectivity index (χ0n) is 8.82. The van der Waals surface area contributed by atoms with E-state index in [-0.39, 0.29) is 6.42 Å². The molecule has 1 aromatic carbocycles. The summed E-state index contributed by atoms with van der Waals surface area (Å²) in [6.07, 6.45) is 0.901. The number of methoxy groups -OCH3 is 1. The van der Waals surface area contributed by atoms with E-state index in [0.717, 1.165) is 6.29 Å². The average Bonchev–Trinajstić information content (AvgIpc) is 2.29. The van der Waals surface area contributed by atoms with Gasteiger partial charge in [0.25, 0.3) is 0 Å². The van der Waals surface area contributed by atoms with E-state index in [1.165, 1.54) is 7.11 Å². The highest BCUT2D eigenvalue weighted by molar-refractivity contribution is 5.95. The van der Waals surface area contributed by atoms with Crippen molar-refractivity contribution in [1.29, 1.82) is 0 Å². The third-order valence-electron chi connectivity index (χ3n) is 1.87. The lowest BCUT2D eigenvalue weighted by Gasteiger charge is -2.03. The first kappa shape index (κ1) is 11.8. The van der Waals surface area contributed by atoms with Crippen LogP contribution in [0.25, 0.3) is 0 Å². The molecule has 0 atom stereocenters. The summed E-state index contributed by atoms with van der Waals surface area (Å²) in [6.45, 7) is 0. The second-order valence-corrected chi connectivity index (χ2v) is 2.97. The molecule has 4 heteroatoms. The van der Waals surface area contributed by atoms with E-state index in [9.17, 15) is 9.59 Å². The van der Waals surface area contributed by atoms with Gasteiger partial charge in [0.2, 0.25) is 0 Å². The minimum Gasteiger partial charge on any atom is -0.465 e. The normalized spacial score (nSPS) is 8.81. The quantitative estimate of drug-likeness (QED) is 0.347. The summed E-state index contributed by atoms with van der Waals surface area (Å²) >= 11 is 0. The third-order valence-corrected chi connectivity index (χ3v) is 1.87. The van der Waals surface area contributed by atoms with Crippen molar-refractivity contribution in [1.82, 2.24) is 0 Å². The number of anilines is 1. The molecule has 0 aliphatic heterocycles. The van der Waals surface area contributed by atoms with Crippen molar-refractivity contribution in [3.05, 3.63) is 29.3 Å². The summed E-state index contributed by atoms with van der Waals surface area (Å²) in [7, 11) is 1.29. The number of nitrogen functional groups attached to an aromatic ring is 1. The van der Waals surface area contributed by atoms with Crippen molar-refractivity contribution in [3.8, 4) is 11.8 Å². The number of aldehydes is 1. The summed E-state index contributed by atoms with van der Waals surface area (Å²) in [5.74, 6) is 4.93. The summed E-state index contributed by atoms with van der Waals surface area (Å²) in [5.41, 5.74) is 6.94. The van der Waals surface area contributed by atoms with Gasteiger partial charge in [0.05, 0.1) is 19.1 Å². The smallest absolute Gasteiger partial charge is 0.339 e. The molecule has 0 aliphatic rings. The molecular weight excluding hydrogens is 206 g/mol. The summed E-state index contributed by atoms with van der Waals surface area (Å²) < 4.78 is 4.55. The van der Waals surface area contributed by atoms with Gasteiger partial charge in [-0.1, -0.05) is 11.8 Å². The molecule has 0 amide bonds. The molecule has 2 N–H and O–H groups in total. The highest BCUT2D eigenvalue weighted by atomic mass is 16.5. The second-order valence-electron chi connectivity index (χ2n) is 2.97. The van der Waals surface area contributed by atoms with Crippen LogP contribution in [0.5, 0.6) is 0 Å². The lowest BCUT2D eigenvalue weighted by Crippen LogP contribution is -2.05. The van der Waals surface area contributed by atoms with Gasteiger partial charge in [-0.25, -0.2) is 4.79 Å². The van der Waals surface area contributed by atoms with Crippen LogP contribution < -0.4 is 5.73 Å². The van der Waals surface area contributed by atoms with Crippen molar-refractivity contribution in [2.45, 2.75) is 6.42 Å². The number of carbonyl (C=O) groups excluding carboxylic acids is 2. The van der Waals surface area contributed by atoms with E-state index < -0.39 is 5.97 Å². The maximum Gasteiger partial charge on any atom is 0.339 e. The maximum absolute atomic E-state index is 11.2. The molecule has 1 rings (SSSR count). The van der Waals surface area contributed by atoms with Gasteiger partial charge in [-0.05, 0) is 18.2 Å². The van der Waals surface area contributed by atoms with Crippen molar-refractivity contribution >= 4 is 17.9 Å². The zero-order chi connectivity index (χ0) is 12.0. The SMILES string of the molecule is COC(=O)c1ccc(C#CCC=O)cc1N. The number of hydrogen-bond donors (Lipinski definition) is 1. The number of nitrogens with two attached hydrogens (primary N) is 1. The number of rotatable bonds is 2. The Balaban J connectivity index is 2.96. The summed E-state index contributed by atoms with van der Waals surface area (Å²) in [4.78, 5) is 21.3. The van der Waals surface area contributed by atoms with Gasteiger partial charge in [0.15, 0.2) is 0 Å². The minimum atomic E-state index is -0.482. The van der Waals surface area contributed by atoms with Crippen LogP contribution in [0.3, 0.4) is 0 Å². The van der Waals surface area contributed by atoms with Crippen LogP contribution in [0.2, 0.25) is 0 Å². The predicted molar refractivity (Wildman–Crippen MR) is 59.8 cm³/mol. The molecule has 0 bridgehead atoms. The topological polar surface area (TPSA) is 69.4 Å². The van der Waals surface area contributed by atoms with Gasteiger partial charge in [-0.2, -0.15) is 0 Å². The van der Waals surface area contributed by atoms with E-state index in [0.29, 0.717) is 16.8 Å². The second kappa shape index (κ2) is 5.56. The molecule has 82 valence electrons. The van der Waals surface area contributed by atoms with Gasteiger partial charge in [-0.3, -0.25) is 0 Å². The lowest BCUT2D eigenvalue weighted by molar-refractivity contribution is -0.107. The molecule has 1 aromatic rings. The standard InChI is InChI=1S/C12H11NO3/c1-16-12(15)10-6-5-9(8-11(10)13)4-2-3-7-14/h5-8H,3,13H2,1H3. The van der Waals surface area contributed by atoms with Gasteiger partial charge < -0.3 is 15.3 Å². The Hall–Kier alpha value is -2.28. The van der Waals surface area contributed by atoms with Crippen LogP contribution >= 0.6 is 0 Å². The number of carbonyl (C=O) groups is 2. The maximum atomic E-state index is 11.2. The van der Waals surface area contributed by atoms with Crippen molar-refractivity contribution in [2.24, 2.45) is 0 Å². The average molecular weight is 217 g/mol. The lowest BCUT2D eigenvalue weighted by atomic mass is 10.1. The number of esters is 1. The highest BCUT2D eigenvalue weighted by Gasteiger charge is 2.09. The molecule has 0 aliphatic carbocycles. The van der Waals surface area contributed by atoms with Crippen LogP contribution in [0.1, 0.15) is 22.3 Å². The molecule has 0 fully saturated rings. The molecule has 0 aromatic heterocycles. The molecule has 16 heavy (non-hydrogen) atoms. The first-order valence-electron chi connectivity index (χ1n) is 4.59. The fraction of sp³-hybridized carbons (Fsp3) is 0.167. The minimum absolute atomic E-state index is 0.179. The van der Waals surface area contributed by atoms with Crippen LogP contribution in [0.15, 0.2) is 18.2 Å². The first-order valence-corrected chi connectivity index (χ1v) is 4.59. The number of ether oxygens (including phenoxy) is 1. The molecule has 0 saturated carbocycles. The molecule has 0 unspecified atom stereocenters. The van der Waals surface area contributed by atoms with Crippen LogP contribution in [0.4, 0.5) is 5.69 Å². The summed E-state index contributed by atoms with van der Waals surface area (Å²) in [5, 5.41) is 0. The Morgan fingerprint density at radius 2 is 2.31 bits per heavy atom. The van der Waals surface area contributed by atoms with Crippen LogP contribution in [0, 0.1) is 11.8 Å². The molecular formula is C12H11NO3. The molecule has 0 spiro atoms. The monoisotopic (exact) mass is 217 g/mol. The van der Waals surface area contributed by atoms with E-state index in [1.807, 2.05) is 0 Å². The fourth-order valence-electron chi connectivity index (χ4n) is 1.13. The van der Waals surface area contributed by atoms with E-state index in [4.69, 9.17) is 5.73 Å². The van der Waals surface area contributed by atoms with Gasteiger partial charge >= 0.3 is 5.97 Å². The predicted octanol–water partition coefficient (Wildman–Crippen LogP) is 0.996. The van der Waals surface area contributed by atoms with Crippen molar-refractivity contribution < 1.29 is 14.3 Å². The number of benzene rings is 1. The van der Waals surface area contributed by atoms with Crippen LogP contribution in [-0.4, -0.2) is 19.4 Å². The number of hydrogen-bond acceptors (Lipinski definition) is 4. The zero-order valence-corrected chi connectivity index (χ0v) is 8.82. The largest absolute Gasteiger partial charge is 0.465 e. The highest BCUT2D eigenvalue weighted by Crippen LogP contribution is 2.14. The Bertz CT molecular complexity index is 469. The third kappa shape index (κ3) is 2.85. The van der Waals surface area contributed by atoms with Gasteiger partial charge in [-0.15, -0.1) is 0 Å². The Morgan fingerprint density at radius 3 is 2.88 bits per heavy atom. The van der Waals surface area contributed by atoms with Crippen molar-refractivity contribution in [2.75, 3.05) is 12.8 Å². The van der Waals surface area contributed by atoms with E-state index >= 15 is 0 Å². The molecule has 0 radical (unpaired) electrons. The molecule has 4 nitrogen and oxygen atoms in total. The summed E-state index contributed by atoms with van der Waals surface area (Å²) in [6, 6.07) is 4.77. The Kier molecular flexibility index (Phi) is 4.10. The molecule has 0 saturated heterocycles. The van der Waals surface area contributed by atoms with Gasteiger partial charge in [0.1, 0.15) is 6.29 Å². The fourth-order valence-corrected chi connectivity index (χ4v) is 1.13. The Morgan fingerprint density at radius 1 is 1.56 bits per heavy atom. The van der Waals surface area contributed by atoms with Crippen LogP contribution in [-0.2, 0) is 9.53 Å². The van der Waals surface area contributed by atoms with Crippen molar-refractivity contribution in [3.63, 3.8) is 0 Å². The van der Waals surface area contributed by atoms with E-state index in [2.05, 4.69) is 16.6 Å². The Labute approximate surface area is 93.4 Å². The first-order chi connectivity index (χ1) is 7.69. The van der Waals surface area contributed by atoms with E-state index in [1.54, 1.807) is 18.2 Å². The van der Waals surface area contributed by atoms with Gasteiger partial charge in [0, 0.05) is 11.3 Å².